The number of aryl methyl sites for hydroxylation is 2. The van der Waals surface area contributed by atoms with Crippen LogP contribution < -0.4 is 5.32 Å². The van der Waals surface area contributed by atoms with Crippen molar-refractivity contribution in [2.75, 3.05) is 11.9 Å². The van der Waals surface area contributed by atoms with Crippen molar-refractivity contribution < 1.29 is 0 Å². The summed E-state index contributed by atoms with van der Waals surface area (Å²) in [6, 6.07) is 2.12. The highest BCUT2D eigenvalue weighted by Crippen LogP contribution is 2.02. The minimum atomic E-state index is -0.0554. The number of rotatable bonds is 3. The molecule has 1 aromatic rings. The highest BCUT2D eigenvalue weighted by Gasteiger charge is 2.03. The highest BCUT2D eigenvalue weighted by atomic mass is 15.2. The molecule has 0 saturated heterocycles. The SMILES string of the molecule is Cc1nnc(NCC(C)C#N)nc1C. The van der Waals surface area contributed by atoms with Crippen molar-refractivity contribution in [1.29, 1.82) is 5.26 Å². The van der Waals surface area contributed by atoms with Crippen LogP contribution in [0.15, 0.2) is 0 Å². The molecule has 0 radical (unpaired) electrons. The zero-order valence-electron chi connectivity index (χ0n) is 8.57. The van der Waals surface area contributed by atoms with Crippen LogP contribution >= 0.6 is 0 Å². The van der Waals surface area contributed by atoms with Crippen molar-refractivity contribution >= 4 is 5.95 Å². The Labute approximate surface area is 83.2 Å². The topological polar surface area (TPSA) is 74.5 Å². The number of nitriles is 1. The van der Waals surface area contributed by atoms with Gasteiger partial charge in [-0.2, -0.15) is 10.4 Å². The maximum Gasteiger partial charge on any atom is 0.243 e. The number of nitrogens with one attached hydrogen (secondary N) is 1. The lowest BCUT2D eigenvalue weighted by Crippen LogP contribution is -2.13. The van der Waals surface area contributed by atoms with Crippen LogP contribution in [-0.4, -0.2) is 21.7 Å². The Kier molecular flexibility index (Phi) is 3.35. The first-order valence-electron chi connectivity index (χ1n) is 4.45. The Hall–Kier alpha value is -1.70. The average molecular weight is 191 g/mol. The van der Waals surface area contributed by atoms with Gasteiger partial charge in [0, 0.05) is 6.54 Å². The first-order valence-corrected chi connectivity index (χ1v) is 4.45. The Morgan fingerprint density at radius 3 is 2.64 bits per heavy atom. The third kappa shape index (κ3) is 2.66. The molecule has 0 bridgehead atoms. The fourth-order valence-corrected chi connectivity index (χ4v) is 0.822. The first-order chi connectivity index (χ1) is 6.63. The van der Waals surface area contributed by atoms with Gasteiger partial charge in [0.05, 0.1) is 23.4 Å². The molecule has 1 rings (SSSR count). The van der Waals surface area contributed by atoms with Gasteiger partial charge in [0.15, 0.2) is 0 Å². The number of aromatic nitrogens is 3. The molecule has 0 aliphatic heterocycles. The van der Waals surface area contributed by atoms with Crippen molar-refractivity contribution in [2.24, 2.45) is 5.92 Å². The molecule has 1 heterocycles. The summed E-state index contributed by atoms with van der Waals surface area (Å²) < 4.78 is 0. The molecule has 0 aliphatic rings. The standard InChI is InChI=1S/C9H13N5/c1-6(4-10)5-11-9-12-7(2)8(3)13-14-9/h6H,5H2,1-3H3,(H,11,12,14). The second-order valence-electron chi connectivity index (χ2n) is 3.22. The summed E-state index contributed by atoms with van der Waals surface area (Å²) in [4.78, 5) is 4.18. The summed E-state index contributed by atoms with van der Waals surface area (Å²) >= 11 is 0. The van der Waals surface area contributed by atoms with Crippen molar-refractivity contribution in [3.63, 3.8) is 0 Å². The lowest BCUT2D eigenvalue weighted by molar-refractivity contribution is 0.768. The van der Waals surface area contributed by atoms with Gasteiger partial charge in [-0.1, -0.05) is 0 Å². The van der Waals surface area contributed by atoms with E-state index in [1.165, 1.54) is 0 Å². The monoisotopic (exact) mass is 191 g/mol. The minimum Gasteiger partial charge on any atom is -0.352 e. The summed E-state index contributed by atoms with van der Waals surface area (Å²) in [7, 11) is 0. The lowest BCUT2D eigenvalue weighted by Gasteiger charge is -2.05. The summed E-state index contributed by atoms with van der Waals surface area (Å²) in [5.41, 5.74) is 1.68. The molecule has 14 heavy (non-hydrogen) atoms. The van der Waals surface area contributed by atoms with Crippen LogP contribution in [0.2, 0.25) is 0 Å². The summed E-state index contributed by atoms with van der Waals surface area (Å²) in [6.07, 6.45) is 0. The molecule has 5 heteroatoms. The second kappa shape index (κ2) is 4.51. The normalized spacial score (nSPS) is 11.9. The quantitative estimate of drug-likeness (QED) is 0.773. The van der Waals surface area contributed by atoms with Gasteiger partial charge in [0.25, 0.3) is 0 Å². The molecule has 1 unspecified atom stereocenters. The van der Waals surface area contributed by atoms with Gasteiger partial charge in [-0.3, -0.25) is 0 Å². The van der Waals surface area contributed by atoms with Crippen LogP contribution in [-0.2, 0) is 0 Å². The van der Waals surface area contributed by atoms with Crippen molar-refractivity contribution in [3.05, 3.63) is 11.4 Å². The molecule has 0 aliphatic carbocycles. The molecule has 1 aromatic heterocycles. The van der Waals surface area contributed by atoms with E-state index in [1.807, 2.05) is 20.8 Å². The Morgan fingerprint density at radius 1 is 1.36 bits per heavy atom. The van der Waals surface area contributed by atoms with E-state index in [0.29, 0.717) is 12.5 Å². The molecule has 74 valence electrons. The number of hydrogen-bond acceptors (Lipinski definition) is 5. The molecule has 0 amide bonds. The van der Waals surface area contributed by atoms with E-state index < -0.39 is 0 Å². The molecule has 0 spiro atoms. The predicted octanol–water partition coefficient (Wildman–Crippen LogP) is 1.06. The third-order valence-corrected chi connectivity index (χ3v) is 1.88. The zero-order valence-corrected chi connectivity index (χ0v) is 8.57. The number of nitrogens with zero attached hydrogens (tertiary/aromatic N) is 4. The Balaban J connectivity index is 2.61. The first kappa shape index (κ1) is 10.4. The molecule has 0 fully saturated rings. The van der Waals surface area contributed by atoms with E-state index in [0.717, 1.165) is 11.4 Å². The molecular formula is C9H13N5. The summed E-state index contributed by atoms with van der Waals surface area (Å²) in [5.74, 6) is 0.426. The molecule has 0 saturated carbocycles. The van der Waals surface area contributed by atoms with Gasteiger partial charge in [-0.15, -0.1) is 5.10 Å². The fourth-order valence-electron chi connectivity index (χ4n) is 0.822. The number of hydrogen-bond donors (Lipinski definition) is 1. The van der Waals surface area contributed by atoms with Gasteiger partial charge in [0.2, 0.25) is 5.95 Å². The summed E-state index contributed by atoms with van der Waals surface area (Å²) in [6.45, 7) is 6.11. The fraction of sp³-hybridized carbons (Fsp3) is 0.556. The maximum absolute atomic E-state index is 8.57. The van der Waals surface area contributed by atoms with Crippen LogP contribution in [0, 0.1) is 31.1 Å². The largest absolute Gasteiger partial charge is 0.352 e. The third-order valence-electron chi connectivity index (χ3n) is 1.88. The molecule has 0 aromatic carbocycles. The van der Waals surface area contributed by atoms with Crippen molar-refractivity contribution in [3.8, 4) is 6.07 Å². The molecule has 5 nitrogen and oxygen atoms in total. The summed E-state index contributed by atoms with van der Waals surface area (Å²) in [5, 5.41) is 19.3. The van der Waals surface area contributed by atoms with E-state index >= 15 is 0 Å². The predicted molar refractivity (Wildman–Crippen MR) is 52.6 cm³/mol. The van der Waals surface area contributed by atoms with Gasteiger partial charge in [0.1, 0.15) is 0 Å². The van der Waals surface area contributed by atoms with Gasteiger partial charge in [-0.05, 0) is 20.8 Å². The highest BCUT2D eigenvalue weighted by molar-refractivity contribution is 5.24. The van der Waals surface area contributed by atoms with Crippen LogP contribution in [0.4, 0.5) is 5.95 Å². The molecular weight excluding hydrogens is 178 g/mol. The Morgan fingerprint density at radius 2 is 2.07 bits per heavy atom. The minimum absolute atomic E-state index is 0.0554. The van der Waals surface area contributed by atoms with Crippen molar-refractivity contribution in [1.82, 2.24) is 15.2 Å². The van der Waals surface area contributed by atoms with E-state index in [2.05, 4.69) is 26.6 Å². The average Bonchev–Trinajstić information content (AvgIpc) is 2.19. The lowest BCUT2D eigenvalue weighted by atomic mass is 10.2. The molecule has 1 atom stereocenters. The smallest absolute Gasteiger partial charge is 0.243 e. The number of anilines is 1. The Bertz CT molecular complexity index is 355. The molecule has 1 N–H and O–H groups in total. The van der Waals surface area contributed by atoms with E-state index in [-0.39, 0.29) is 5.92 Å². The van der Waals surface area contributed by atoms with Gasteiger partial charge >= 0.3 is 0 Å². The maximum atomic E-state index is 8.57. The van der Waals surface area contributed by atoms with Gasteiger partial charge < -0.3 is 5.32 Å². The van der Waals surface area contributed by atoms with Crippen LogP contribution in [0.3, 0.4) is 0 Å². The van der Waals surface area contributed by atoms with Crippen molar-refractivity contribution in [2.45, 2.75) is 20.8 Å². The van der Waals surface area contributed by atoms with E-state index in [4.69, 9.17) is 5.26 Å². The second-order valence-corrected chi connectivity index (χ2v) is 3.22. The zero-order chi connectivity index (χ0) is 10.6. The van der Waals surface area contributed by atoms with Gasteiger partial charge in [-0.25, -0.2) is 4.98 Å². The van der Waals surface area contributed by atoms with E-state index in [1.54, 1.807) is 0 Å². The van der Waals surface area contributed by atoms with Crippen LogP contribution in [0.1, 0.15) is 18.3 Å². The van der Waals surface area contributed by atoms with Crippen LogP contribution in [0.5, 0.6) is 0 Å². The van der Waals surface area contributed by atoms with Crippen LogP contribution in [0.25, 0.3) is 0 Å². The van der Waals surface area contributed by atoms with E-state index in [9.17, 15) is 0 Å².